The molecule has 1 unspecified atom stereocenters. The van der Waals surface area contributed by atoms with Crippen LogP contribution in [0.5, 0.6) is 0 Å². The molecule has 1 aromatic carbocycles. The van der Waals surface area contributed by atoms with Gasteiger partial charge < -0.3 is 4.90 Å². The standard InChI is InChI=1S/C14H18FNO3S/c1-10-3-4-13(11(2)5-10)8-16-7-12(6-14(16)17)9-20(15,18)19/h3-5,12H,6-9H2,1-2H3. The average molecular weight is 299 g/mol. The second-order valence-electron chi connectivity index (χ2n) is 5.48. The van der Waals surface area contributed by atoms with Gasteiger partial charge in [0, 0.05) is 25.4 Å². The van der Waals surface area contributed by atoms with E-state index in [-0.39, 0.29) is 12.3 Å². The van der Waals surface area contributed by atoms with Crippen molar-refractivity contribution in [1.82, 2.24) is 4.90 Å². The fourth-order valence-corrected chi connectivity index (χ4v) is 3.42. The van der Waals surface area contributed by atoms with E-state index in [9.17, 15) is 17.1 Å². The smallest absolute Gasteiger partial charge is 0.302 e. The van der Waals surface area contributed by atoms with Crippen LogP contribution in [0.15, 0.2) is 18.2 Å². The SMILES string of the molecule is Cc1ccc(CN2CC(CS(=O)(=O)F)CC2=O)c(C)c1. The minimum Gasteiger partial charge on any atom is -0.338 e. The third-order valence-corrected chi connectivity index (χ3v) is 4.46. The maximum Gasteiger partial charge on any atom is 0.302 e. The van der Waals surface area contributed by atoms with Crippen LogP contribution in [0.25, 0.3) is 0 Å². The maximum atomic E-state index is 12.7. The molecule has 1 atom stereocenters. The number of carbonyl (C=O) groups excluding carboxylic acids is 1. The fraction of sp³-hybridized carbons (Fsp3) is 0.500. The molecule has 1 fully saturated rings. The summed E-state index contributed by atoms with van der Waals surface area (Å²) in [5, 5.41) is 0. The highest BCUT2D eigenvalue weighted by molar-refractivity contribution is 7.86. The molecule has 1 saturated heterocycles. The molecule has 0 saturated carbocycles. The van der Waals surface area contributed by atoms with Crippen molar-refractivity contribution >= 4 is 16.1 Å². The highest BCUT2D eigenvalue weighted by Crippen LogP contribution is 2.23. The van der Waals surface area contributed by atoms with Crippen molar-refractivity contribution in [2.24, 2.45) is 5.92 Å². The summed E-state index contributed by atoms with van der Waals surface area (Å²) in [6.07, 6.45) is 0.105. The van der Waals surface area contributed by atoms with Gasteiger partial charge in [-0.25, -0.2) is 0 Å². The Balaban J connectivity index is 2.05. The van der Waals surface area contributed by atoms with Gasteiger partial charge in [-0.15, -0.1) is 3.89 Å². The molecule has 2 rings (SSSR count). The number of benzene rings is 1. The summed E-state index contributed by atoms with van der Waals surface area (Å²) in [5.41, 5.74) is 3.28. The quantitative estimate of drug-likeness (QED) is 0.799. The third kappa shape index (κ3) is 3.79. The van der Waals surface area contributed by atoms with Crippen LogP contribution >= 0.6 is 0 Å². The zero-order valence-electron chi connectivity index (χ0n) is 11.6. The molecule has 0 aromatic heterocycles. The van der Waals surface area contributed by atoms with E-state index in [1.165, 1.54) is 0 Å². The summed E-state index contributed by atoms with van der Waals surface area (Å²) in [6, 6.07) is 5.99. The van der Waals surface area contributed by atoms with Crippen LogP contribution in [0, 0.1) is 19.8 Å². The monoisotopic (exact) mass is 299 g/mol. The lowest BCUT2D eigenvalue weighted by atomic mass is 10.1. The van der Waals surface area contributed by atoms with Gasteiger partial charge >= 0.3 is 10.2 Å². The van der Waals surface area contributed by atoms with Gasteiger partial charge in [0.25, 0.3) is 0 Å². The lowest BCUT2D eigenvalue weighted by Crippen LogP contribution is -2.25. The van der Waals surface area contributed by atoms with E-state index in [2.05, 4.69) is 0 Å². The molecule has 1 aromatic rings. The third-order valence-electron chi connectivity index (χ3n) is 3.59. The molecular weight excluding hydrogens is 281 g/mol. The van der Waals surface area contributed by atoms with Gasteiger partial charge in [-0.1, -0.05) is 23.8 Å². The zero-order chi connectivity index (χ0) is 14.9. The van der Waals surface area contributed by atoms with Crippen molar-refractivity contribution in [1.29, 1.82) is 0 Å². The van der Waals surface area contributed by atoms with Crippen LogP contribution in [-0.4, -0.2) is 31.5 Å². The molecule has 0 aliphatic carbocycles. The zero-order valence-corrected chi connectivity index (χ0v) is 12.4. The largest absolute Gasteiger partial charge is 0.338 e. The Morgan fingerprint density at radius 1 is 1.35 bits per heavy atom. The van der Waals surface area contributed by atoms with E-state index in [0.717, 1.165) is 16.7 Å². The highest BCUT2D eigenvalue weighted by Gasteiger charge is 2.32. The Hall–Kier alpha value is -1.43. The number of amides is 1. The summed E-state index contributed by atoms with van der Waals surface area (Å²) in [7, 11) is -4.52. The second kappa shape index (κ2) is 5.52. The van der Waals surface area contributed by atoms with Gasteiger partial charge in [-0.2, -0.15) is 8.42 Å². The number of hydrogen-bond acceptors (Lipinski definition) is 3. The summed E-state index contributed by atoms with van der Waals surface area (Å²) < 4.78 is 34.0. The molecule has 1 aliphatic rings. The molecular formula is C14H18FNO3S. The van der Waals surface area contributed by atoms with Gasteiger partial charge in [0.1, 0.15) is 0 Å². The first-order valence-corrected chi connectivity index (χ1v) is 8.06. The molecule has 110 valence electrons. The predicted molar refractivity (Wildman–Crippen MR) is 74.3 cm³/mol. The topological polar surface area (TPSA) is 54.5 Å². The van der Waals surface area contributed by atoms with Gasteiger partial charge in [0.2, 0.25) is 5.91 Å². The van der Waals surface area contributed by atoms with Gasteiger partial charge in [0.05, 0.1) is 5.75 Å². The van der Waals surface area contributed by atoms with Crippen molar-refractivity contribution in [2.45, 2.75) is 26.8 Å². The molecule has 1 aliphatic heterocycles. The van der Waals surface area contributed by atoms with Crippen molar-refractivity contribution < 1.29 is 17.1 Å². The number of halogens is 1. The van der Waals surface area contributed by atoms with Gasteiger partial charge in [-0.3, -0.25) is 4.79 Å². The maximum absolute atomic E-state index is 12.7. The van der Waals surface area contributed by atoms with Crippen LogP contribution in [0.4, 0.5) is 3.89 Å². The van der Waals surface area contributed by atoms with Crippen LogP contribution in [0.1, 0.15) is 23.1 Å². The summed E-state index contributed by atoms with van der Waals surface area (Å²) >= 11 is 0. The first kappa shape index (κ1) is 15.0. The fourth-order valence-electron chi connectivity index (χ4n) is 2.63. The molecule has 0 radical (unpaired) electrons. The molecule has 0 N–H and O–H groups in total. The Morgan fingerprint density at radius 3 is 2.65 bits per heavy atom. The Morgan fingerprint density at radius 2 is 2.05 bits per heavy atom. The van der Waals surface area contributed by atoms with Crippen molar-refractivity contribution in [3.05, 3.63) is 34.9 Å². The van der Waals surface area contributed by atoms with E-state index in [1.54, 1.807) is 4.90 Å². The van der Waals surface area contributed by atoms with Crippen LogP contribution in [-0.2, 0) is 21.6 Å². The van der Waals surface area contributed by atoms with Crippen LogP contribution in [0.2, 0.25) is 0 Å². The normalized spacial score (nSPS) is 19.6. The van der Waals surface area contributed by atoms with E-state index in [1.807, 2.05) is 32.0 Å². The first-order valence-electron chi connectivity index (χ1n) is 6.51. The second-order valence-corrected chi connectivity index (χ2v) is 6.89. The number of rotatable bonds is 4. The average Bonchev–Trinajstić information content (AvgIpc) is 2.60. The summed E-state index contributed by atoms with van der Waals surface area (Å²) in [6.45, 7) is 4.73. The minimum absolute atomic E-state index is 0.105. The molecule has 20 heavy (non-hydrogen) atoms. The highest BCUT2D eigenvalue weighted by atomic mass is 32.3. The molecule has 1 heterocycles. The number of nitrogens with zero attached hydrogens (tertiary/aromatic N) is 1. The Kier molecular flexibility index (Phi) is 4.13. The Labute approximate surface area is 118 Å². The summed E-state index contributed by atoms with van der Waals surface area (Å²) in [5.74, 6) is -1.12. The van der Waals surface area contributed by atoms with E-state index in [4.69, 9.17) is 0 Å². The molecule has 1 amide bonds. The van der Waals surface area contributed by atoms with E-state index in [0.29, 0.717) is 13.1 Å². The van der Waals surface area contributed by atoms with Crippen molar-refractivity contribution in [3.8, 4) is 0 Å². The lowest BCUT2D eigenvalue weighted by molar-refractivity contribution is -0.128. The number of carbonyl (C=O) groups is 1. The lowest BCUT2D eigenvalue weighted by Gasteiger charge is -2.18. The van der Waals surface area contributed by atoms with Crippen LogP contribution in [0.3, 0.4) is 0 Å². The van der Waals surface area contributed by atoms with Crippen LogP contribution < -0.4 is 0 Å². The van der Waals surface area contributed by atoms with Gasteiger partial charge in [-0.05, 0) is 25.0 Å². The van der Waals surface area contributed by atoms with Crippen molar-refractivity contribution in [3.63, 3.8) is 0 Å². The Bertz CT molecular complexity index is 627. The molecule has 0 spiro atoms. The molecule has 0 bridgehead atoms. The first-order chi connectivity index (χ1) is 9.24. The summed E-state index contributed by atoms with van der Waals surface area (Å²) in [4.78, 5) is 13.5. The molecule has 6 heteroatoms. The van der Waals surface area contributed by atoms with E-state index < -0.39 is 21.9 Å². The van der Waals surface area contributed by atoms with Crippen molar-refractivity contribution in [2.75, 3.05) is 12.3 Å². The van der Waals surface area contributed by atoms with E-state index >= 15 is 0 Å². The number of aryl methyl sites for hydroxylation is 2. The predicted octanol–water partition coefficient (Wildman–Crippen LogP) is 1.95. The number of likely N-dealkylation sites (tertiary alicyclic amines) is 1. The minimum atomic E-state index is -4.52. The van der Waals surface area contributed by atoms with Gasteiger partial charge in [0.15, 0.2) is 0 Å². The number of hydrogen-bond donors (Lipinski definition) is 0. The molecule has 4 nitrogen and oxygen atoms in total.